The van der Waals surface area contributed by atoms with Crippen LogP contribution >= 0.6 is 11.6 Å². The molecule has 1 aromatic rings. The van der Waals surface area contributed by atoms with Gasteiger partial charge in [-0.2, -0.15) is 0 Å². The van der Waals surface area contributed by atoms with Crippen molar-refractivity contribution in [2.45, 2.75) is 11.9 Å². The van der Waals surface area contributed by atoms with Gasteiger partial charge in [0.15, 0.2) is 0 Å². The largest absolute Gasteiger partial charge is 0.336 e. The summed E-state index contributed by atoms with van der Waals surface area (Å²) in [6.45, 7) is 1.23. The molecule has 0 amide bonds. The van der Waals surface area contributed by atoms with E-state index >= 15 is 0 Å². The first-order chi connectivity index (χ1) is 4.83. The Morgan fingerprint density at radius 1 is 1.70 bits per heavy atom. The second kappa shape index (κ2) is 3.58. The summed E-state index contributed by atoms with van der Waals surface area (Å²) in [5.74, 6) is 0. The molecule has 0 aliphatic heterocycles. The number of halogens is 1. The second-order valence-corrected chi connectivity index (χ2v) is 2.71. The molecule has 0 spiro atoms. The standard InChI is InChI=1S/C6H10ClN3/c7-6(3-8)4-10-2-1-9-5-10/h1-2,5-6H,3-4,8H2. The first-order valence-corrected chi connectivity index (χ1v) is 3.56. The fraction of sp³-hybridized carbons (Fsp3) is 0.500. The molecule has 0 saturated carbocycles. The minimum atomic E-state index is 0.00852. The van der Waals surface area contributed by atoms with Crippen LogP contribution in [-0.4, -0.2) is 21.5 Å². The van der Waals surface area contributed by atoms with E-state index in [1.165, 1.54) is 0 Å². The average molecular weight is 160 g/mol. The van der Waals surface area contributed by atoms with Crippen molar-refractivity contribution in [1.82, 2.24) is 9.55 Å². The van der Waals surface area contributed by atoms with Crippen molar-refractivity contribution in [3.05, 3.63) is 18.7 Å². The average Bonchev–Trinajstić information content (AvgIpc) is 2.40. The Hall–Kier alpha value is -0.540. The molecule has 0 bridgehead atoms. The summed E-state index contributed by atoms with van der Waals surface area (Å²) in [6, 6.07) is 0. The third kappa shape index (κ3) is 2.01. The monoisotopic (exact) mass is 159 g/mol. The van der Waals surface area contributed by atoms with Gasteiger partial charge in [0, 0.05) is 25.5 Å². The molecule has 2 N–H and O–H groups in total. The van der Waals surface area contributed by atoms with Crippen molar-refractivity contribution in [3.8, 4) is 0 Å². The number of aromatic nitrogens is 2. The third-order valence-electron chi connectivity index (χ3n) is 1.22. The third-order valence-corrected chi connectivity index (χ3v) is 1.54. The smallest absolute Gasteiger partial charge is 0.0946 e. The molecule has 1 heterocycles. The molecule has 0 saturated heterocycles. The van der Waals surface area contributed by atoms with Crippen molar-refractivity contribution in [3.63, 3.8) is 0 Å². The van der Waals surface area contributed by atoms with Crippen molar-refractivity contribution < 1.29 is 0 Å². The van der Waals surface area contributed by atoms with Crippen LogP contribution in [0.2, 0.25) is 0 Å². The molecular formula is C6H10ClN3. The van der Waals surface area contributed by atoms with Crippen LogP contribution in [0.25, 0.3) is 0 Å². The predicted molar refractivity (Wildman–Crippen MR) is 40.9 cm³/mol. The number of hydrogen-bond donors (Lipinski definition) is 1. The van der Waals surface area contributed by atoms with Crippen LogP contribution in [0.4, 0.5) is 0 Å². The molecule has 0 aliphatic carbocycles. The van der Waals surface area contributed by atoms with Gasteiger partial charge in [-0.3, -0.25) is 0 Å². The maximum Gasteiger partial charge on any atom is 0.0946 e. The molecule has 1 unspecified atom stereocenters. The molecule has 0 fully saturated rings. The van der Waals surface area contributed by atoms with Crippen LogP contribution in [-0.2, 0) is 6.54 Å². The SMILES string of the molecule is NCC(Cl)Cn1ccnc1. The lowest BCUT2D eigenvalue weighted by molar-refractivity contribution is 0.657. The minimum Gasteiger partial charge on any atom is -0.336 e. The van der Waals surface area contributed by atoms with Crippen LogP contribution in [0, 0.1) is 0 Å². The molecule has 1 rings (SSSR count). The molecule has 1 atom stereocenters. The highest BCUT2D eigenvalue weighted by atomic mass is 35.5. The van der Waals surface area contributed by atoms with Gasteiger partial charge in [0.05, 0.1) is 11.7 Å². The fourth-order valence-electron chi connectivity index (χ4n) is 0.698. The van der Waals surface area contributed by atoms with E-state index in [0.717, 1.165) is 6.54 Å². The quantitative estimate of drug-likeness (QED) is 0.651. The highest BCUT2D eigenvalue weighted by Crippen LogP contribution is 1.97. The van der Waals surface area contributed by atoms with E-state index in [2.05, 4.69) is 4.98 Å². The van der Waals surface area contributed by atoms with Crippen LogP contribution in [0.1, 0.15) is 0 Å². The number of alkyl halides is 1. The number of rotatable bonds is 3. The van der Waals surface area contributed by atoms with E-state index in [9.17, 15) is 0 Å². The van der Waals surface area contributed by atoms with Gasteiger partial charge in [0.2, 0.25) is 0 Å². The maximum absolute atomic E-state index is 5.78. The molecule has 4 heteroatoms. The number of imidazole rings is 1. The Bertz CT molecular complexity index is 173. The van der Waals surface area contributed by atoms with Gasteiger partial charge in [0.1, 0.15) is 0 Å². The van der Waals surface area contributed by atoms with Crippen LogP contribution < -0.4 is 5.73 Å². The molecule has 0 radical (unpaired) electrons. The lowest BCUT2D eigenvalue weighted by Gasteiger charge is -2.05. The molecule has 3 nitrogen and oxygen atoms in total. The van der Waals surface area contributed by atoms with Gasteiger partial charge in [-0.05, 0) is 0 Å². The van der Waals surface area contributed by atoms with E-state index in [-0.39, 0.29) is 5.38 Å². The summed E-state index contributed by atoms with van der Waals surface area (Å²) >= 11 is 5.78. The fourth-order valence-corrected chi connectivity index (χ4v) is 0.857. The lowest BCUT2D eigenvalue weighted by Crippen LogP contribution is -2.19. The van der Waals surface area contributed by atoms with Gasteiger partial charge < -0.3 is 10.3 Å². The van der Waals surface area contributed by atoms with Crippen molar-refractivity contribution >= 4 is 11.6 Å². The summed E-state index contributed by atoms with van der Waals surface area (Å²) in [5.41, 5.74) is 5.32. The van der Waals surface area contributed by atoms with Gasteiger partial charge >= 0.3 is 0 Å². The summed E-state index contributed by atoms with van der Waals surface area (Å²) in [6.07, 6.45) is 5.32. The lowest BCUT2D eigenvalue weighted by atomic mass is 10.4. The Balaban J connectivity index is 2.40. The van der Waals surface area contributed by atoms with Crippen LogP contribution in [0.5, 0.6) is 0 Å². The number of nitrogens with zero attached hydrogens (tertiary/aromatic N) is 2. The van der Waals surface area contributed by atoms with E-state index in [1.54, 1.807) is 12.5 Å². The Morgan fingerprint density at radius 3 is 3.00 bits per heavy atom. The molecular weight excluding hydrogens is 150 g/mol. The summed E-state index contributed by atoms with van der Waals surface area (Å²) in [5, 5.41) is 0.00852. The zero-order valence-electron chi connectivity index (χ0n) is 5.57. The van der Waals surface area contributed by atoms with Gasteiger partial charge in [0.25, 0.3) is 0 Å². The predicted octanol–water partition coefficient (Wildman–Crippen LogP) is 0.449. The first kappa shape index (κ1) is 7.57. The van der Waals surface area contributed by atoms with Gasteiger partial charge in [-0.25, -0.2) is 4.98 Å². The summed E-state index contributed by atoms with van der Waals surface area (Å²) in [4.78, 5) is 3.87. The Labute approximate surface area is 64.8 Å². The van der Waals surface area contributed by atoms with Crippen molar-refractivity contribution in [2.24, 2.45) is 5.73 Å². The zero-order chi connectivity index (χ0) is 7.40. The van der Waals surface area contributed by atoms with Crippen molar-refractivity contribution in [1.29, 1.82) is 0 Å². The molecule has 1 aromatic heterocycles. The van der Waals surface area contributed by atoms with Gasteiger partial charge in [-0.1, -0.05) is 0 Å². The maximum atomic E-state index is 5.78. The highest BCUT2D eigenvalue weighted by molar-refractivity contribution is 6.20. The molecule has 0 aromatic carbocycles. The molecule has 0 aliphatic rings. The van der Waals surface area contributed by atoms with Crippen molar-refractivity contribution in [2.75, 3.05) is 6.54 Å². The number of hydrogen-bond acceptors (Lipinski definition) is 2. The van der Waals surface area contributed by atoms with E-state index in [4.69, 9.17) is 17.3 Å². The second-order valence-electron chi connectivity index (χ2n) is 2.09. The van der Waals surface area contributed by atoms with E-state index < -0.39 is 0 Å². The Morgan fingerprint density at radius 2 is 2.50 bits per heavy atom. The summed E-state index contributed by atoms with van der Waals surface area (Å²) < 4.78 is 1.91. The first-order valence-electron chi connectivity index (χ1n) is 3.13. The van der Waals surface area contributed by atoms with E-state index in [1.807, 2.05) is 10.8 Å². The Kier molecular flexibility index (Phi) is 2.71. The van der Waals surface area contributed by atoms with Crippen LogP contribution in [0.15, 0.2) is 18.7 Å². The molecule has 56 valence electrons. The molecule has 10 heavy (non-hydrogen) atoms. The van der Waals surface area contributed by atoms with E-state index in [0.29, 0.717) is 6.54 Å². The highest BCUT2D eigenvalue weighted by Gasteiger charge is 2.00. The van der Waals surface area contributed by atoms with Gasteiger partial charge in [-0.15, -0.1) is 11.6 Å². The van der Waals surface area contributed by atoms with Crippen LogP contribution in [0.3, 0.4) is 0 Å². The summed E-state index contributed by atoms with van der Waals surface area (Å²) in [7, 11) is 0. The topological polar surface area (TPSA) is 43.8 Å². The zero-order valence-corrected chi connectivity index (χ0v) is 6.33. The minimum absolute atomic E-state index is 0.00852. The number of nitrogens with two attached hydrogens (primary N) is 1. The normalized spacial score (nSPS) is 13.4.